The second-order valence-corrected chi connectivity index (χ2v) is 9.36. The standard InChI is InChI=1S/C26H33NO4/c1-6-7-20-12-18(4)24(19(5)13-20)25-21(28)14-26(15-22(25)29)8-10-27(11-9-26)23(30)16-31-17(2)3/h12-13,17,25H,8-11,14-16H2,1-5H3. The number of ether oxygens (including phenoxy) is 1. The molecule has 1 aliphatic heterocycles. The predicted octanol–water partition coefficient (Wildman–Crippen LogP) is 3.72. The molecule has 31 heavy (non-hydrogen) atoms. The third-order valence-electron chi connectivity index (χ3n) is 6.61. The van der Waals surface area contributed by atoms with Crippen molar-refractivity contribution in [3.05, 3.63) is 34.4 Å². The van der Waals surface area contributed by atoms with Crippen molar-refractivity contribution in [3.63, 3.8) is 0 Å². The van der Waals surface area contributed by atoms with Crippen LogP contribution in [-0.4, -0.2) is 48.2 Å². The fraction of sp³-hybridized carbons (Fsp3) is 0.577. The minimum atomic E-state index is -0.673. The first-order valence-corrected chi connectivity index (χ1v) is 11.1. The zero-order valence-electron chi connectivity index (χ0n) is 19.3. The van der Waals surface area contributed by atoms with Gasteiger partial charge in [0.15, 0.2) is 0 Å². The first-order valence-electron chi connectivity index (χ1n) is 11.1. The van der Waals surface area contributed by atoms with Crippen LogP contribution in [0.5, 0.6) is 0 Å². The number of aryl methyl sites for hydroxylation is 2. The van der Waals surface area contributed by atoms with Crippen molar-refractivity contribution in [2.24, 2.45) is 5.41 Å². The van der Waals surface area contributed by atoms with Crippen molar-refractivity contribution in [3.8, 4) is 11.8 Å². The third-order valence-corrected chi connectivity index (χ3v) is 6.61. The molecule has 0 unspecified atom stereocenters. The van der Waals surface area contributed by atoms with Crippen LogP contribution in [0.25, 0.3) is 0 Å². The van der Waals surface area contributed by atoms with Crippen LogP contribution in [0.4, 0.5) is 0 Å². The zero-order chi connectivity index (χ0) is 22.8. The van der Waals surface area contributed by atoms with Gasteiger partial charge >= 0.3 is 0 Å². The summed E-state index contributed by atoms with van der Waals surface area (Å²) in [5.41, 5.74) is 3.35. The molecule has 2 aliphatic rings. The van der Waals surface area contributed by atoms with Crippen LogP contribution in [0.15, 0.2) is 12.1 Å². The number of amides is 1. The minimum Gasteiger partial charge on any atom is -0.369 e. The van der Waals surface area contributed by atoms with Crippen molar-refractivity contribution >= 4 is 17.5 Å². The summed E-state index contributed by atoms with van der Waals surface area (Å²) in [6, 6.07) is 3.93. The van der Waals surface area contributed by atoms with E-state index < -0.39 is 5.92 Å². The lowest BCUT2D eigenvalue weighted by molar-refractivity contribution is -0.143. The molecule has 1 amide bonds. The first kappa shape index (κ1) is 23.2. The van der Waals surface area contributed by atoms with E-state index in [-0.39, 0.29) is 35.6 Å². The van der Waals surface area contributed by atoms with E-state index in [0.29, 0.717) is 38.8 Å². The van der Waals surface area contributed by atoms with Gasteiger partial charge in [-0.3, -0.25) is 14.4 Å². The number of rotatable bonds is 4. The summed E-state index contributed by atoms with van der Waals surface area (Å²) in [7, 11) is 0. The highest BCUT2D eigenvalue weighted by Crippen LogP contribution is 2.46. The summed E-state index contributed by atoms with van der Waals surface area (Å²) in [5, 5.41) is 0. The Balaban J connectivity index is 1.71. The number of nitrogens with zero attached hydrogens (tertiary/aromatic N) is 1. The summed E-state index contributed by atoms with van der Waals surface area (Å²) in [6.07, 6.45) is 2.20. The van der Waals surface area contributed by atoms with Crippen LogP contribution < -0.4 is 0 Å². The van der Waals surface area contributed by atoms with E-state index in [2.05, 4.69) is 11.8 Å². The SMILES string of the molecule is CC#Cc1cc(C)c(C2C(=O)CC3(CCN(C(=O)COC(C)C)CC3)CC2=O)c(C)c1. The fourth-order valence-electron chi connectivity index (χ4n) is 5.07. The number of hydrogen-bond acceptors (Lipinski definition) is 4. The van der Waals surface area contributed by atoms with Crippen LogP contribution in [0.1, 0.15) is 74.6 Å². The van der Waals surface area contributed by atoms with Gasteiger partial charge in [-0.2, -0.15) is 0 Å². The smallest absolute Gasteiger partial charge is 0.248 e. The molecule has 1 saturated heterocycles. The Hall–Kier alpha value is -2.45. The highest BCUT2D eigenvalue weighted by Gasteiger charge is 2.47. The number of ketones is 2. The summed E-state index contributed by atoms with van der Waals surface area (Å²) in [4.78, 5) is 40.6. The molecule has 1 aliphatic carbocycles. The van der Waals surface area contributed by atoms with E-state index in [1.807, 2.05) is 39.8 Å². The highest BCUT2D eigenvalue weighted by atomic mass is 16.5. The van der Waals surface area contributed by atoms with Crippen molar-refractivity contribution in [1.29, 1.82) is 0 Å². The lowest BCUT2D eigenvalue weighted by atomic mass is 9.62. The van der Waals surface area contributed by atoms with Gasteiger partial charge in [-0.25, -0.2) is 0 Å². The molecule has 1 aromatic carbocycles. The van der Waals surface area contributed by atoms with Crippen LogP contribution in [0.2, 0.25) is 0 Å². The van der Waals surface area contributed by atoms with Crippen LogP contribution in [0.3, 0.4) is 0 Å². The molecule has 5 nitrogen and oxygen atoms in total. The van der Waals surface area contributed by atoms with Gasteiger partial charge in [0.2, 0.25) is 5.91 Å². The van der Waals surface area contributed by atoms with Gasteiger partial charge in [0.25, 0.3) is 0 Å². The average Bonchev–Trinajstić information content (AvgIpc) is 2.68. The van der Waals surface area contributed by atoms with E-state index in [1.54, 1.807) is 11.8 Å². The van der Waals surface area contributed by atoms with Crippen molar-refractivity contribution in [2.75, 3.05) is 19.7 Å². The maximum Gasteiger partial charge on any atom is 0.248 e. The molecule has 0 aromatic heterocycles. The Morgan fingerprint density at radius 2 is 1.68 bits per heavy atom. The summed E-state index contributed by atoms with van der Waals surface area (Å²) >= 11 is 0. The quantitative estimate of drug-likeness (QED) is 0.547. The molecular formula is C26H33NO4. The monoisotopic (exact) mass is 423 g/mol. The molecule has 3 rings (SSSR count). The van der Waals surface area contributed by atoms with Gasteiger partial charge < -0.3 is 9.64 Å². The van der Waals surface area contributed by atoms with Crippen molar-refractivity contribution in [1.82, 2.24) is 4.90 Å². The Kier molecular flexibility index (Phi) is 7.01. The maximum absolute atomic E-state index is 13.2. The number of carbonyl (C=O) groups is 3. The first-order chi connectivity index (χ1) is 14.7. The molecule has 166 valence electrons. The number of hydrogen-bond donors (Lipinski definition) is 0. The zero-order valence-corrected chi connectivity index (χ0v) is 19.3. The molecule has 1 heterocycles. The largest absolute Gasteiger partial charge is 0.369 e. The van der Waals surface area contributed by atoms with Gasteiger partial charge in [0.05, 0.1) is 6.10 Å². The molecule has 0 atom stereocenters. The van der Waals surface area contributed by atoms with E-state index in [0.717, 1.165) is 22.3 Å². The number of piperidine rings is 1. The molecular weight excluding hydrogens is 390 g/mol. The van der Waals surface area contributed by atoms with E-state index in [9.17, 15) is 14.4 Å². The van der Waals surface area contributed by atoms with E-state index >= 15 is 0 Å². The molecule has 2 fully saturated rings. The summed E-state index contributed by atoms with van der Waals surface area (Å²) in [5.74, 6) is 5.29. The normalized spacial score (nSPS) is 19.0. The summed E-state index contributed by atoms with van der Waals surface area (Å²) < 4.78 is 5.43. The molecule has 0 radical (unpaired) electrons. The molecule has 0 bridgehead atoms. The molecule has 1 saturated carbocycles. The average molecular weight is 424 g/mol. The Labute approximate surface area is 185 Å². The number of Topliss-reactive ketones (excluding diaryl/α,β-unsaturated/α-hetero) is 2. The van der Waals surface area contributed by atoms with Crippen molar-refractivity contribution < 1.29 is 19.1 Å². The fourth-order valence-corrected chi connectivity index (χ4v) is 5.07. The predicted molar refractivity (Wildman–Crippen MR) is 120 cm³/mol. The van der Waals surface area contributed by atoms with Gasteiger partial charge in [-0.15, -0.1) is 5.92 Å². The van der Waals surface area contributed by atoms with Crippen LogP contribution in [-0.2, 0) is 19.1 Å². The van der Waals surface area contributed by atoms with Gasteiger partial charge in [-0.05, 0) is 81.7 Å². The van der Waals surface area contributed by atoms with E-state index in [4.69, 9.17) is 4.74 Å². The van der Waals surface area contributed by atoms with Gasteiger partial charge in [0, 0.05) is 31.5 Å². The Bertz CT molecular complexity index is 899. The number of carbonyl (C=O) groups excluding carboxylic acids is 3. The Morgan fingerprint density at radius 1 is 1.13 bits per heavy atom. The second-order valence-electron chi connectivity index (χ2n) is 9.36. The molecule has 0 N–H and O–H groups in total. The number of benzene rings is 1. The minimum absolute atomic E-state index is 0.0136. The second kappa shape index (κ2) is 9.36. The highest BCUT2D eigenvalue weighted by molar-refractivity contribution is 6.10. The van der Waals surface area contributed by atoms with Gasteiger partial charge in [0.1, 0.15) is 24.1 Å². The Morgan fingerprint density at radius 3 is 2.16 bits per heavy atom. The van der Waals surface area contributed by atoms with E-state index in [1.165, 1.54) is 0 Å². The van der Waals surface area contributed by atoms with Crippen LogP contribution in [0, 0.1) is 31.1 Å². The topological polar surface area (TPSA) is 63.7 Å². The third kappa shape index (κ3) is 5.07. The molecule has 1 aromatic rings. The van der Waals surface area contributed by atoms with Crippen molar-refractivity contribution in [2.45, 2.75) is 72.3 Å². The van der Waals surface area contributed by atoms with Gasteiger partial charge in [-0.1, -0.05) is 5.92 Å². The van der Waals surface area contributed by atoms with Crippen LogP contribution >= 0.6 is 0 Å². The maximum atomic E-state index is 13.2. The lowest BCUT2D eigenvalue weighted by Crippen LogP contribution is -2.49. The number of likely N-dealkylation sites (tertiary alicyclic amines) is 1. The molecule has 5 heteroatoms. The lowest BCUT2D eigenvalue weighted by Gasteiger charge is -2.44. The summed E-state index contributed by atoms with van der Waals surface area (Å²) in [6.45, 7) is 10.8. The molecule has 1 spiro atoms.